The minimum atomic E-state index is -3.80. The van der Waals surface area contributed by atoms with Gasteiger partial charge in [0.25, 0.3) is 15.9 Å². The second-order valence-corrected chi connectivity index (χ2v) is 10.0. The van der Waals surface area contributed by atoms with Crippen LogP contribution in [0.15, 0.2) is 47.4 Å². The number of sulfonamides is 1. The monoisotopic (exact) mass is 457 g/mol. The summed E-state index contributed by atoms with van der Waals surface area (Å²) in [5.41, 5.74) is 2.70. The van der Waals surface area contributed by atoms with Crippen LogP contribution in [0.25, 0.3) is 0 Å². The number of ether oxygens (including phenoxy) is 1. The molecule has 1 atom stereocenters. The Morgan fingerprint density at radius 2 is 1.81 bits per heavy atom. The highest BCUT2D eigenvalue weighted by molar-refractivity contribution is 7.92. The van der Waals surface area contributed by atoms with Gasteiger partial charge in [-0.05, 0) is 67.3 Å². The number of hydrogen-bond donors (Lipinski definition) is 2. The molecule has 2 aliphatic rings. The van der Waals surface area contributed by atoms with E-state index in [0.717, 1.165) is 24.1 Å². The molecule has 2 amide bonds. The molecule has 0 radical (unpaired) electrons. The summed E-state index contributed by atoms with van der Waals surface area (Å²) in [4.78, 5) is 26.3. The average Bonchev–Trinajstić information content (AvgIpc) is 3.43. The van der Waals surface area contributed by atoms with E-state index in [9.17, 15) is 18.0 Å². The van der Waals surface area contributed by atoms with Crippen LogP contribution in [0.1, 0.15) is 32.3 Å². The predicted molar refractivity (Wildman–Crippen MR) is 122 cm³/mol. The summed E-state index contributed by atoms with van der Waals surface area (Å²) in [6, 6.07) is 11.2. The van der Waals surface area contributed by atoms with Crippen LogP contribution >= 0.6 is 0 Å². The highest BCUT2D eigenvalue weighted by Crippen LogP contribution is 2.33. The van der Waals surface area contributed by atoms with Crippen molar-refractivity contribution in [3.63, 3.8) is 0 Å². The molecule has 0 bridgehead atoms. The SMILES string of the molecule is CC(C)C(=O)Nc1ccc(S(=O)(=O)Nc2ccc3c(c2)CCN3C(=O)C2CCCO2)cc1. The van der Waals surface area contributed by atoms with Crippen LogP contribution in [0.3, 0.4) is 0 Å². The maximum atomic E-state index is 12.8. The van der Waals surface area contributed by atoms with Gasteiger partial charge >= 0.3 is 0 Å². The molecule has 32 heavy (non-hydrogen) atoms. The summed E-state index contributed by atoms with van der Waals surface area (Å²) < 4.78 is 33.7. The lowest BCUT2D eigenvalue weighted by Gasteiger charge is -2.21. The molecule has 1 unspecified atom stereocenters. The van der Waals surface area contributed by atoms with E-state index in [0.29, 0.717) is 30.9 Å². The number of rotatable bonds is 6. The van der Waals surface area contributed by atoms with Gasteiger partial charge in [-0.15, -0.1) is 0 Å². The molecule has 2 aliphatic heterocycles. The molecule has 2 aromatic rings. The Labute approximate surface area is 188 Å². The Hall–Kier alpha value is -2.91. The van der Waals surface area contributed by atoms with E-state index in [4.69, 9.17) is 4.74 Å². The van der Waals surface area contributed by atoms with Crippen LogP contribution < -0.4 is 14.9 Å². The fraction of sp³-hybridized carbons (Fsp3) is 0.391. The van der Waals surface area contributed by atoms with Crippen LogP contribution in [0.2, 0.25) is 0 Å². The second kappa shape index (κ2) is 8.91. The number of carbonyl (C=O) groups excluding carboxylic acids is 2. The number of nitrogens with one attached hydrogen (secondary N) is 2. The Balaban J connectivity index is 1.46. The average molecular weight is 458 g/mol. The molecular weight excluding hydrogens is 430 g/mol. The molecule has 0 saturated carbocycles. The predicted octanol–water partition coefficient (Wildman–Crippen LogP) is 3.15. The Morgan fingerprint density at radius 3 is 2.47 bits per heavy atom. The molecule has 2 aromatic carbocycles. The van der Waals surface area contributed by atoms with Crippen molar-refractivity contribution in [2.24, 2.45) is 5.92 Å². The molecule has 0 aromatic heterocycles. The van der Waals surface area contributed by atoms with Crippen molar-refractivity contribution >= 4 is 38.9 Å². The van der Waals surface area contributed by atoms with E-state index in [1.54, 1.807) is 49.1 Å². The van der Waals surface area contributed by atoms with E-state index < -0.39 is 10.0 Å². The third-order valence-electron chi connectivity index (χ3n) is 5.65. The van der Waals surface area contributed by atoms with Gasteiger partial charge in [-0.2, -0.15) is 0 Å². The lowest BCUT2D eigenvalue weighted by Crippen LogP contribution is -2.37. The Bertz CT molecular complexity index is 1120. The second-order valence-electron chi connectivity index (χ2n) is 8.36. The van der Waals surface area contributed by atoms with Gasteiger partial charge in [-0.25, -0.2) is 8.42 Å². The minimum absolute atomic E-state index is 0.0285. The first kappa shape index (κ1) is 22.3. The maximum Gasteiger partial charge on any atom is 0.261 e. The lowest BCUT2D eigenvalue weighted by molar-refractivity contribution is -0.127. The van der Waals surface area contributed by atoms with Crippen LogP contribution in [0.5, 0.6) is 0 Å². The summed E-state index contributed by atoms with van der Waals surface area (Å²) in [6.07, 6.45) is 1.91. The van der Waals surface area contributed by atoms with Gasteiger partial charge in [-0.1, -0.05) is 13.8 Å². The van der Waals surface area contributed by atoms with E-state index >= 15 is 0 Å². The number of fused-ring (bicyclic) bond motifs is 1. The highest BCUT2D eigenvalue weighted by Gasteiger charge is 2.32. The van der Waals surface area contributed by atoms with Gasteiger partial charge in [0.15, 0.2) is 0 Å². The largest absolute Gasteiger partial charge is 0.368 e. The minimum Gasteiger partial charge on any atom is -0.368 e. The third-order valence-corrected chi connectivity index (χ3v) is 7.05. The zero-order chi connectivity index (χ0) is 22.9. The fourth-order valence-electron chi connectivity index (χ4n) is 3.86. The molecule has 0 aliphatic carbocycles. The first-order valence-corrected chi connectivity index (χ1v) is 12.2. The summed E-state index contributed by atoms with van der Waals surface area (Å²) in [6.45, 7) is 4.75. The van der Waals surface area contributed by atoms with Gasteiger partial charge in [0.05, 0.1) is 4.90 Å². The van der Waals surface area contributed by atoms with E-state index in [1.165, 1.54) is 12.1 Å². The van der Waals surface area contributed by atoms with Crippen LogP contribution in [-0.4, -0.2) is 39.5 Å². The van der Waals surface area contributed by atoms with Crippen LogP contribution in [0, 0.1) is 5.92 Å². The number of benzene rings is 2. The van der Waals surface area contributed by atoms with Crippen LogP contribution in [-0.2, 0) is 30.8 Å². The fourth-order valence-corrected chi connectivity index (χ4v) is 4.91. The molecule has 0 spiro atoms. The molecule has 9 heteroatoms. The van der Waals surface area contributed by atoms with Crippen molar-refractivity contribution in [3.05, 3.63) is 48.0 Å². The smallest absolute Gasteiger partial charge is 0.261 e. The summed E-state index contributed by atoms with van der Waals surface area (Å²) in [5.74, 6) is -0.333. The number of carbonyl (C=O) groups is 2. The van der Waals surface area contributed by atoms with Crippen molar-refractivity contribution in [1.29, 1.82) is 0 Å². The van der Waals surface area contributed by atoms with E-state index in [2.05, 4.69) is 10.0 Å². The van der Waals surface area contributed by atoms with Gasteiger partial charge in [0, 0.05) is 36.1 Å². The van der Waals surface area contributed by atoms with Gasteiger partial charge < -0.3 is 15.0 Å². The normalized spacial score (nSPS) is 18.0. The molecule has 2 N–H and O–H groups in total. The van der Waals surface area contributed by atoms with E-state index in [-0.39, 0.29) is 28.7 Å². The summed E-state index contributed by atoms with van der Waals surface area (Å²) in [5, 5.41) is 2.74. The van der Waals surface area contributed by atoms with Gasteiger partial charge in [-0.3, -0.25) is 14.3 Å². The number of amides is 2. The highest BCUT2D eigenvalue weighted by atomic mass is 32.2. The molecule has 4 rings (SSSR count). The molecule has 8 nitrogen and oxygen atoms in total. The zero-order valence-electron chi connectivity index (χ0n) is 18.1. The van der Waals surface area contributed by atoms with Gasteiger partial charge in [0.2, 0.25) is 5.91 Å². The van der Waals surface area contributed by atoms with E-state index in [1.807, 2.05) is 0 Å². The molecule has 170 valence electrons. The van der Waals surface area contributed by atoms with Crippen LogP contribution in [0.4, 0.5) is 17.1 Å². The van der Waals surface area contributed by atoms with Crippen molar-refractivity contribution in [2.75, 3.05) is 28.1 Å². The topological polar surface area (TPSA) is 105 Å². The lowest BCUT2D eigenvalue weighted by atomic mass is 10.1. The zero-order valence-corrected chi connectivity index (χ0v) is 18.9. The van der Waals surface area contributed by atoms with Crippen molar-refractivity contribution in [2.45, 2.75) is 44.1 Å². The first-order valence-electron chi connectivity index (χ1n) is 10.7. The number of nitrogens with zero attached hydrogens (tertiary/aromatic N) is 1. The number of hydrogen-bond acceptors (Lipinski definition) is 5. The molecular formula is C23H27N3O5S. The van der Waals surface area contributed by atoms with Crippen molar-refractivity contribution < 1.29 is 22.7 Å². The quantitative estimate of drug-likeness (QED) is 0.693. The van der Waals surface area contributed by atoms with Gasteiger partial charge in [0.1, 0.15) is 6.10 Å². The summed E-state index contributed by atoms with van der Waals surface area (Å²) in [7, 11) is -3.80. The van der Waals surface area contributed by atoms with Crippen molar-refractivity contribution in [3.8, 4) is 0 Å². The number of anilines is 3. The molecule has 2 heterocycles. The third kappa shape index (κ3) is 4.63. The summed E-state index contributed by atoms with van der Waals surface area (Å²) >= 11 is 0. The van der Waals surface area contributed by atoms with Crippen molar-refractivity contribution in [1.82, 2.24) is 0 Å². The Morgan fingerprint density at radius 1 is 1.09 bits per heavy atom. The molecule has 1 fully saturated rings. The Kier molecular flexibility index (Phi) is 6.21. The maximum absolute atomic E-state index is 12.8. The molecule has 1 saturated heterocycles. The standard InChI is InChI=1S/C23H27N3O5S/c1-15(2)22(27)24-17-5-8-19(9-6-17)32(29,30)25-18-7-10-20-16(14-18)11-12-26(20)23(28)21-4-3-13-31-21/h5-10,14-15,21,25H,3-4,11-13H2,1-2H3,(H,24,27). The first-order chi connectivity index (χ1) is 15.2.